The number of hydrogen-bond acceptors (Lipinski definition) is 6. The van der Waals surface area contributed by atoms with E-state index in [0.29, 0.717) is 11.6 Å². The summed E-state index contributed by atoms with van der Waals surface area (Å²) in [6, 6.07) is 85.9. The Morgan fingerprint density at radius 2 is 0.553 bits per heavy atom. The number of hydrogen-bond donors (Lipinski definition) is 0. The molecule has 0 N–H and O–H groups in total. The minimum Gasteiger partial charge on any atom is -0.256 e. The molecule has 76 heavy (non-hydrogen) atoms. The fourth-order valence-corrected chi connectivity index (χ4v) is 11.6. The van der Waals surface area contributed by atoms with Gasteiger partial charge in [-0.2, -0.15) is 0 Å². The molecule has 0 saturated heterocycles. The third-order valence-electron chi connectivity index (χ3n) is 15.4. The van der Waals surface area contributed by atoms with E-state index in [-0.39, 0.29) is 11.8 Å². The molecule has 16 rings (SSSR count). The summed E-state index contributed by atoms with van der Waals surface area (Å²) in [4.78, 5) is 30.7. The summed E-state index contributed by atoms with van der Waals surface area (Å²) in [5.74, 6) is 1.44. The fourth-order valence-electron chi connectivity index (χ4n) is 11.6. The zero-order valence-electron chi connectivity index (χ0n) is 41.1. The van der Waals surface area contributed by atoms with E-state index in [1.54, 1.807) is 0 Å². The number of pyridine rings is 2. The molecule has 0 amide bonds. The molecule has 4 heterocycles. The molecule has 0 fully saturated rings. The lowest BCUT2D eigenvalue weighted by molar-refractivity contribution is 0.754. The number of para-hydroxylation sites is 2. The van der Waals surface area contributed by atoms with Crippen LogP contribution in [0.1, 0.15) is 45.2 Å². The molecule has 0 spiro atoms. The maximum absolute atomic E-state index is 5.33. The molecule has 9 aromatic carbocycles. The summed E-state index contributed by atoms with van der Waals surface area (Å²) in [6.45, 7) is 0. The van der Waals surface area contributed by atoms with Gasteiger partial charge in [0.05, 0.1) is 33.8 Å². The number of nitrogens with zero attached hydrogens (tertiary/aromatic N) is 6. The van der Waals surface area contributed by atoms with Gasteiger partial charge in [0.15, 0.2) is 11.6 Å². The van der Waals surface area contributed by atoms with Gasteiger partial charge in [0.25, 0.3) is 0 Å². The molecule has 6 nitrogen and oxygen atoms in total. The monoisotopic (exact) mass is 968 g/mol. The first-order valence-electron chi connectivity index (χ1n) is 25.8. The minimum absolute atomic E-state index is 0.0255. The van der Waals surface area contributed by atoms with Gasteiger partial charge < -0.3 is 0 Å². The normalized spacial score (nSPS) is 14.1. The Bertz CT molecular complexity index is 4120. The standard InChI is InChI=1S/C70H44N6/c1-3-13-45(14-4-1)63-39-65(47-27-23-43(24-28-47)53-35-49-17-7-11-21-61(49)71-41-53)75-69(73-63)51-31-33-57-59(37-51)67-55-19-9-10-20-56(55)68(57)60-38-52(32-34-58(60)67)70-74-64(46-15-5-2-6-16-46)40-66(76-70)48-29-25-44(26-30-48)54-36-50-18-8-12-22-62(50)72-42-54/h1-42,67-68H/t67-,68?/m1/s1. The molecule has 13 aromatic rings. The second-order valence-electron chi connectivity index (χ2n) is 19.8. The summed E-state index contributed by atoms with van der Waals surface area (Å²) in [6.07, 6.45) is 3.90. The van der Waals surface area contributed by atoms with Gasteiger partial charge >= 0.3 is 0 Å². The van der Waals surface area contributed by atoms with Crippen LogP contribution in [-0.4, -0.2) is 29.9 Å². The SMILES string of the molecule is c1ccc(-c2cc(-c3ccc(-c4cnc5ccccc5c4)cc3)nc(-c3ccc4c(c3)C3c5ccccc5[C@H]4c4cc(-c5nc(-c6ccccc6)cc(-c6ccc(-c7cnc8ccccc8c7)cc6)n5)ccc43)n2)cc1. The molecular formula is C70H44N6. The van der Waals surface area contributed by atoms with Crippen molar-refractivity contribution in [3.05, 3.63) is 288 Å². The Morgan fingerprint density at radius 3 is 0.974 bits per heavy atom. The van der Waals surface area contributed by atoms with Crippen molar-refractivity contribution < 1.29 is 0 Å². The largest absolute Gasteiger partial charge is 0.256 e. The van der Waals surface area contributed by atoms with E-state index >= 15 is 0 Å². The van der Waals surface area contributed by atoms with Crippen LogP contribution in [-0.2, 0) is 0 Å². The van der Waals surface area contributed by atoms with Crippen LogP contribution in [0.2, 0.25) is 0 Å². The topological polar surface area (TPSA) is 77.3 Å². The van der Waals surface area contributed by atoms with Crippen LogP contribution >= 0.6 is 0 Å². The van der Waals surface area contributed by atoms with Crippen molar-refractivity contribution >= 4 is 21.8 Å². The van der Waals surface area contributed by atoms with Crippen LogP contribution in [0.3, 0.4) is 0 Å². The van der Waals surface area contributed by atoms with Crippen LogP contribution in [0.15, 0.2) is 255 Å². The minimum atomic E-state index is 0.0255. The van der Waals surface area contributed by atoms with Gasteiger partial charge in [-0.3, -0.25) is 9.97 Å². The first-order chi connectivity index (χ1) is 37.6. The highest BCUT2D eigenvalue weighted by atomic mass is 14.9. The summed E-state index contributed by atoms with van der Waals surface area (Å²) >= 11 is 0. The molecule has 354 valence electrons. The van der Waals surface area contributed by atoms with Crippen molar-refractivity contribution in [1.82, 2.24) is 29.9 Å². The third kappa shape index (κ3) is 7.57. The Hall–Kier alpha value is -10.0. The molecule has 2 atom stereocenters. The van der Waals surface area contributed by atoms with Crippen molar-refractivity contribution in [3.63, 3.8) is 0 Å². The molecular weight excluding hydrogens is 925 g/mol. The van der Waals surface area contributed by atoms with Gasteiger partial charge in [0, 0.05) is 79.5 Å². The second kappa shape index (κ2) is 17.9. The van der Waals surface area contributed by atoms with E-state index in [1.165, 1.54) is 33.4 Å². The Balaban J connectivity index is 0.801. The van der Waals surface area contributed by atoms with Gasteiger partial charge in [-0.25, -0.2) is 19.9 Å². The molecule has 3 aliphatic carbocycles. The molecule has 4 aromatic heterocycles. The van der Waals surface area contributed by atoms with Gasteiger partial charge in [-0.1, -0.05) is 194 Å². The summed E-state index contributed by atoms with van der Waals surface area (Å²) < 4.78 is 0. The van der Waals surface area contributed by atoms with Crippen molar-refractivity contribution in [2.45, 2.75) is 11.8 Å². The molecule has 1 unspecified atom stereocenters. The maximum atomic E-state index is 5.33. The van der Waals surface area contributed by atoms with E-state index in [1.807, 2.05) is 48.8 Å². The number of fused-ring (bicyclic) bond motifs is 2. The van der Waals surface area contributed by atoms with Gasteiger partial charge in [0.2, 0.25) is 0 Å². The first kappa shape index (κ1) is 43.5. The van der Waals surface area contributed by atoms with Crippen molar-refractivity contribution in [2.75, 3.05) is 0 Å². The number of aromatic nitrogens is 6. The highest BCUT2D eigenvalue weighted by Crippen LogP contribution is 2.56. The quantitative estimate of drug-likeness (QED) is 0.151. The van der Waals surface area contributed by atoms with E-state index < -0.39 is 0 Å². The van der Waals surface area contributed by atoms with Gasteiger partial charge in [-0.15, -0.1) is 0 Å². The molecule has 0 saturated carbocycles. The van der Waals surface area contributed by atoms with Crippen LogP contribution in [0, 0.1) is 0 Å². The van der Waals surface area contributed by atoms with E-state index in [9.17, 15) is 0 Å². The second-order valence-corrected chi connectivity index (χ2v) is 19.8. The van der Waals surface area contributed by atoms with E-state index in [4.69, 9.17) is 29.9 Å². The van der Waals surface area contributed by atoms with E-state index in [2.05, 4.69) is 206 Å². The average molecular weight is 969 g/mol. The van der Waals surface area contributed by atoms with Crippen LogP contribution in [0.25, 0.3) is 112 Å². The van der Waals surface area contributed by atoms with E-state index in [0.717, 1.165) is 100 Å². The Labute approximate surface area is 439 Å². The van der Waals surface area contributed by atoms with Crippen molar-refractivity contribution in [2.24, 2.45) is 0 Å². The molecule has 0 radical (unpaired) electrons. The smallest absolute Gasteiger partial charge is 0.160 e. The van der Waals surface area contributed by atoms with Crippen LogP contribution in [0.5, 0.6) is 0 Å². The predicted octanol–water partition coefficient (Wildman–Crippen LogP) is 16.7. The maximum Gasteiger partial charge on any atom is 0.160 e. The lowest BCUT2D eigenvalue weighted by Crippen LogP contribution is -2.27. The molecule has 6 heteroatoms. The average Bonchev–Trinajstić information content (AvgIpc) is 3.58. The summed E-state index contributed by atoms with van der Waals surface area (Å²) in [7, 11) is 0. The molecule has 0 aliphatic heterocycles. The van der Waals surface area contributed by atoms with Crippen LogP contribution < -0.4 is 0 Å². The third-order valence-corrected chi connectivity index (χ3v) is 15.4. The lowest BCUT2D eigenvalue weighted by Gasteiger charge is -2.42. The predicted molar refractivity (Wildman–Crippen MR) is 306 cm³/mol. The molecule has 3 aliphatic rings. The number of rotatable bonds is 8. The fraction of sp³-hybridized carbons (Fsp3) is 0.0286. The van der Waals surface area contributed by atoms with Gasteiger partial charge in [-0.05, 0) is 93.0 Å². The first-order valence-corrected chi connectivity index (χ1v) is 25.8. The van der Waals surface area contributed by atoms with Gasteiger partial charge in [0.1, 0.15) is 0 Å². The highest BCUT2D eigenvalue weighted by Gasteiger charge is 2.41. The zero-order chi connectivity index (χ0) is 50.1. The summed E-state index contributed by atoms with van der Waals surface area (Å²) in [5.41, 5.74) is 23.8. The Morgan fingerprint density at radius 1 is 0.224 bits per heavy atom. The van der Waals surface area contributed by atoms with Crippen molar-refractivity contribution in [1.29, 1.82) is 0 Å². The lowest BCUT2D eigenvalue weighted by atomic mass is 9.61. The molecule has 2 bridgehead atoms. The highest BCUT2D eigenvalue weighted by molar-refractivity contribution is 5.86. The Kier molecular flexibility index (Phi) is 10.2. The number of benzene rings is 9. The van der Waals surface area contributed by atoms with Crippen molar-refractivity contribution in [3.8, 4) is 90.1 Å². The summed E-state index contributed by atoms with van der Waals surface area (Å²) in [5, 5.41) is 2.24. The van der Waals surface area contributed by atoms with Crippen LogP contribution in [0.4, 0.5) is 0 Å². The zero-order valence-corrected chi connectivity index (χ0v) is 41.1.